The van der Waals surface area contributed by atoms with Crippen molar-refractivity contribution in [1.82, 2.24) is 0 Å². The van der Waals surface area contributed by atoms with Crippen molar-refractivity contribution < 1.29 is 4.57 Å². The van der Waals surface area contributed by atoms with E-state index in [4.69, 9.17) is 0 Å². The zero-order valence-corrected chi connectivity index (χ0v) is 18.4. The largest absolute Gasteiger partial charge is 0.309 e. The molecule has 0 N–H and O–H groups in total. The minimum absolute atomic E-state index is 0.889. The van der Waals surface area contributed by atoms with Crippen LogP contribution in [0.1, 0.15) is 0 Å². The third-order valence-corrected chi connectivity index (χ3v) is 9.46. The molecule has 152 valence electrons. The number of benzene rings is 5. The van der Waals surface area contributed by atoms with Gasteiger partial charge in [-0.1, -0.05) is 121 Å². The molecule has 5 aromatic carbocycles. The molecule has 1 unspecified atom stereocenters. The third-order valence-electron chi connectivity index (χ3n) is 6.31. The Morgan fingerprint density at radius 3 is 1.66 bits per heavy atom. The molecule has 0 radical (unpaired) electrons. The monoisotopic (exact) mass is 428 g/mol. The first-order chi connectivity index (χ1) is 15.8. The minimum Gasteiger partial charge on any atom is -0.309 e. The SMILES string of the molecule is O=P1(c2ccccc2)c2ccccc2-c2ccc(-c3ccccc3-c3ccccc3)cc21. The molecular weight excluding hydrogens is 407 g/mol. The van der Waals surface area contributed by atoms with E-state index >= 15 is 0 Å². The molecule has 0 fully saturated rings. The molecule has 1 aliphatic heterocycles. The summed E-state index contributed by atoms with van der Waals surface area (Å²) in [5, 5.41) is 2.76. The van der Waals surface area contributed by atoms with E-state index in [2.05, 4.69) is 72.8 Å². The van der Waals surface area contributed by atoms with Gasteiger partial charge in [-0.2, -0.15) is 0 Å². The van der Waals surface area contributed by atoms with Crippen LogP contribution in [-0.2, 0) is 4.57 Å². The maximum absolute atomic E-state index is 14.8. The van der Waals surface area contributed by atoms with Gasteiger partial charge < -0.3 is 4.57 Å². The Balaban J connectivity index is 1.60. The zero-order chi connectivity index (χ0) is 21.5. The molecule has 0 aromatic heterocycles. The lowest BCUT2D eigenvalue weighted by molar-refractivity contribution is 0.593. The third kappa shape index (κ3) is 2.83. The smallest absolute Gasteiger partial charge is 0.172 e. The molecule has 32 heavy (non-hydrogen) atoms. The van der Waals surface area contributed by atoms with Crippen molar-refractivity contribution in [3.05, 3.63) is 127 Å². The van der Waals surface area contributed by atoms with Crippen LogP contribution >= 0.6 is 7.14 Å². The predicted molar refractivity (Wildman–Crippen MR) is 136 cm³/mol. The first kappa shape index (κ1) is 19.0. The minimum atomic E-state index is -2.94. The van der Waals surface area contributed by atoms with Gasteiger partial charge >= 0.3 is 0 Å². The van der Waals surface area contributed by atoms with Crippen molar-refractivity contribution in [3.8, 4) is 33.4 Å². The summed E-state index contributed by atoms with van der Waals surface area (Å²) in [6.45, 7) is 0. The average molecular weight is 428 g/mol. The Morgan fingerprint density at radius 2 is 0.938 bits per heavy atom. The average Bonchev–Trinajstić information content (AvgIpc) is 3.14. The lowest BCUT2D eigenvalue weighted by Gasteiger charge is -2.17. The Kier molecular flexibility index (Phi) is 4.45. The van der Waals surface area contributed by atoms with Crippen LogP contribution in [0.15, 0.2) is 127 Å². The Hall–Kier alpha value is -3.67. The van der Waals surface area contributed by atoms with Gasteiger partial charge in [-0.15, -0.1) is 0 Å². The van der Waals surface area contributed by atoms with Crippen LogP contribution in [0.5, 0.6) is 0 Å². The lowest BCUT2D eigenvalue weighted by Crippen LogP contribution is -2.20. The second-order valence-electron chi connectivity index (χ2n) is 8.11. The second-order valence-corrected chi connectivity index (χ2v) is 10.8. The molecule has 1 nitrogen and oxygen atoms in total. The highest BCUT2D eigenvalue weighted by Gasteiger charge is 2.40. The maximum atomic E-state index is 14.8. The molecule has 1 atom stereocenters. The van der Waals surface area contributed by atoms with Gasteiger partial charge in [-0.3, -0.25) is 0 Å². The molecule has 0 aliphatic carbocycles. The van der Waals surface area contributed by atoms with Gasteiger partial charge in [-0.25, -0.2) is 0 Å². The molecular formula is C30H21OP. The summed E-state index contributed by atoms with van der Waals surface area (Å²) >= 11 is 0. The van der Waals surface area contributed by atoms with E-state index in [1.807, 2.05) is 54.6 Å². The number of rotatable bonds is 3. The molecule has 5 aromatic rings. The summed E-state index contributed by atoms with van der Waals surface area (Å²) in [6, 6.07) is 43.4. The van der Waals surface area contributed by atoms with Crippen LogP contribution < -0.4 is 15.9 Å². The van der Waals surface area contributed by atoms with E-state index < -0.39 is 7.14 Å². The van der Waals surface area contributed by atoms with Gasteiger partial charge in [0, 0.05) is 15.9 Å². The first-order valence-corrected chi connectivity index (χ1v) is 12.5. The summed E-state index contributed by atoms with van der Waals surface area (Å²) in [5.74, 6) is 0. The zero-order valence-electron chi connectivity index (χ0n) is 17.5. The van der Waals surface area contributed by atoms with Crippen molar-refractivity contribution in [3.63, 3.8) is 0 Å². The van der Waals surface area contributed by atoms with Crippen molar-refractivity contribution >= 4 is 23.1 Å². The molecule has 0 bridgehead atoms. The lowest BCUT2D eigenvalue weighted by atomic mass is 9.93. The standard InChI is InChI=1S/C30H21OP/c31-32(24-13-5-2-6-14-24)29-18-10-9-17-27(29)28-20-19-23(21-30(28)32)26-16-8-7-15-25(26)22-11-3-1-4-12-22/h1-21H. The summed E-state index contributed by atoms with van der Waals surface area (Å²) in [7, 11) is -2.94. The van der Waals surface area contributed by atoms with E-state index in [-0.39, 0.29) is 0 Å². The fourth-order valence-electron chi connectivity index (χ4n) is 4.81. The fourth-order valence-corrected chi connectivity index (χ4v) is 7.91. The van der Waals surface area contributed by atoms with Gasteiger partial charge in [-0.05, 0) is 39.4 Å². The van der Waals surface area contributed by atoms with Crippen molar-refractivity contribution in [1.29, 1.82) is 0 Å². The molecule has 2 heteroatoms. The topological polar surface area (TPSA) is 17.1 Å². The van der Waals surface area contributed by atoms with Gasteiger partial charge in [0.05, 0.1) is 0 Å². The van der Waals surface area contributed by atoms with Crippen LogP contribution in [0.25, 0.3) is 33.4 Å². The summed E-state index contributed by atoms with van der Waals surface area (Å²) in [4.78, 5) is 0. The van der Waals surface area contributed by atoms with Crippen molar-refractivity contribution in [2.45, 2.75) is 0 Å². The number of fused-ring (bicyclic) bond motifs is 3. The first-order valence-electron chi connectivity index (χ1n) is 10.8. The second kappa shape index (κ2) is 7.48. The molecule has 0 amide bonds. The van der Waals surface area contributed by atoms with Gasteiger partial charge in [0.2, 0.25) is 0 Å². The van der Waals surface area contributed by atoms with Crippen LogP contribution in [0.4, 0.5) is 0 Å². The molecule has 0 saturated heterocycles. The van der Waals surface area contributed by atoms with Crippen molar-refractivity contribution in [2.24, 2.45) is 0 Å². The van der Waals surface area contributed by atoms with Crippen molar-refractivity contribution in [2.75, 3.05) is 0 Å². The van der Waals surface area contributed by atoms with Crippen LogP contribution in [0.2, 0.25) is 0 Å². The van der Waals surface area contributed by atoms with Gasteiger partial charge in [0.15, 0.2) is 7.14 Å². The summed E-state index contributed by atoms with van der Waals surface area (Å²) in [6.07, 6.45) is 0. The molecule has 1 heterocycles. The molecule has 0 spiro atoms. The molecule has 0 saturated carbocycles. The summed E-state index contributed by atoms with van der Waals surface area (Å²) in [5.41, 5.74) is 6.76. The van der Waals surface area contributed by atoms with E-state index in [0.29, 0.717) is 0 Å². The highest BCUT2D eigenvalue weighted by Crippen LogP contribution is 2.52. The Morgan fingerprint density at radius 1 is 0.406 bits per heavy atom. The number of hydrogen-bond donors (Lipinski definition) is 0. The van der Waals surface area contributed by atoms with Gasteiger partial charge in [0.25, 0.3) is 0 Å². The van der Waals surface area contributed by atoms with E-state index in [1.54, 1.807) is 0 Å². The quantitative estimate of drug-likeness (QED) is 0.289. The van der Waals surface area contributed by atoms with Crippen LogP contribution in [-0.4, -0.2) is 0 Å². The highest BCUT2D eigenvalue weighted by atomic mass is 31.2. The fraction of sp³-hybridized carbons (Fsp3) is 0. The normalized spacial score (nSPS) is 16.4. The predicted octanol–water partition coefficient (Wildman–Crippen LogP) is 6.64. The molecule has 6 rings (SSSR count). The van der Waals surface area contributed by atoms with E-state index in [9.17, 15) is 4.57 Å². The molecule has 1 aliphatic rings. The van der Waals surface area contributed by atoms with Crippen LogP contribution in [0, 0.1) is 0 Å². The maximum Gasteiger partial charge on any atom is 0.172 e. The highest BCUT2D eigenvalue weighted by molar-refractivity contribution is 7.86. The Labute approximate surface area is 188 Å². The number of hydrogen-bond acceptors (Lipinski definition) is 1. The van der Waals surface area contributed by atoms with E-state index in [0.717, 1.165) is 38.2 Å². The van der Waals surface area contributed by atoms with Crippen LogP contribution in [0.3, 0.4) is 0 Å². The summed E-state index contributed by atoms with van der Waals surface area (Å²) < 4.78 is 14.8. The Bertz CT molecular complexity index is 1490. The van der Waals surface area contributed by atoms with Gasteiger partial charge in [0.1, 0.15) is 0 Å². The van der Waals surface area contributed by atoms with E-state index in [1.165, 1.54) is 11.1 Å².